The second-order valence-electron chi connectivity index (χ2n) is 4.56. The zero-order chi connectivity index (χ0) is 13.5. The highest BCUT2D eigenvalue weighted by molar-refractivity contribution is 5.53. The Labute approximate surface area is 109 Å². The number of benzene rings is 1. The van der Waals surface area contributed by atoms with Gasteiger partial charge in [0.2, 0.25) is 5.75 Å². The Bertz CT molecular complexity index is 352. The van der Waals surface area contributed by atoms with Crippen LogP contribution in [-0.4, -0.2) is 27.9 Å². The van der Waals surface area contributed by atoms with Gasteiger partial charge in [0.1, 0.15) is 0 Å². The average molecular weight is 253 g/mol. The number of nitrogens with one attached hydrogen (secondary N) is 1. The van der Waals surface area contributed by atoms with E-state index in [1.807, 2.05) is 12.1 Å². The predicted molar refractivity (Wildman–Crippen MR) is 72.6 cm³/mol. The molecule has 0 bridgehead atoms. The molecular formula is C14H23NO3. The average Bonchev–Trinajstić information content (AvgIpc) is 2.36. The first-order valence-corrected chi connectivity index (χ1v) is 6.12. The van der Waals surface area contributed by atoms with Gasteiger partial charge in [0.05, 0.1) is 21.3 Å². The van der Waals surface area contributed by atoms with Gasteiger partial charge in [-0.3, -0.25) is 0 Å². The van der Waals surface area contributed by atoms with Crippen molar-refractivity contribution in [2.75, 3.05) is 27.9 Å². The Kier molecular flexibility index (Phi) is 5.78. The van der Waals surface area contributed by atoms with Crippen LogP contribution in [0.25, 0.3) is 0 Å². The van der Waals surface area contributed by atoms with E-state index in [-0.39, 0.29) is 0 Å². The maximum absolute atomic E-state index is 5.31. The van der Waals surface area contributed by atoms with Crippen molar-refractivity contribution in [1.29, 1.82) is 0 Å². The summed E-state index contributed by atoms with van der Waals surface area (Å²) in [6.07, 6.45) is 0. The van der Waals surface area contributed by atoms with Gasteiger partial charge in [-0.05, 0) is 30.2 Å². The summed E-state index contributed by atoms with van der Waals surface area (Å²) in [5.74, 6) is 2.65. The molecule has 4 heteroatoms. The molecule has 0 unspecified atom stereocenters. The zero-order valence-corrected chi connectivity index (χ0v) is 11.9. The smallest absolute Gasteiger partial charge is 0.203 e. The summed E-state index contributed by atoms with van der Waals surface area (Å²) in [5.41, 5.74) is 1.12. The Morgan fingerprint density at radius 3 is 1.94 bits per heavy atom. The van der Waals surface area contributed by atoms with Crippen LogP contribution in [0.3, 0.4) is 0 Å². The van der Waals surface area contributed by atoms with Gasteiger partial charge < -0.3 is 19.5 Å². The van der Waals surface area contributed by atoms with Crippen LogP contribution in [0.2, 0.25) is 0 Å². The molecule has 0 saturated heterocycles. The van der Waals surface area contributed by atoms with E-state index in [4.69, 9.17) is 14.2 Å². The van der Waals surface area contributed by atoms with Gasteiger partial charge in [-0.1, -0.05) is 13.8 Å². The molecule has 1 rings (SSSR count). The minimum atomic E-state index is 0.632. The van der Waals surface area contributed by atoms with Crippen molar-refractivity contribution in [3.05, 3.63) is 17.7 Å². The molecule has 1 aromatic rings. The molecule has 0 spiro atoms. The molecule has 18 heavy (non-hydrogen) atoms. The molecule has 0 aromatic heterocycles. The molecule has 0 amide bonds. The van der Waals surface area contributed by atoms with Gasteiger partial charge in [0, 0.05) is 6.54 Å². The van der Waals surface area contributed by atoms with Gasteiger partial charge in [-0.25, -0.2) is 0 Å². The van der Waals surface area contributed by atoms with Crippen LogP contribution in [-0.2, 0) is 6.54 Å². The number of methoxy groups -OCH3 is 3. The number of ether oxygens (including phenoxy) is 3. The summed E-state index contributed by atoms with van der Waals surface area (Å²) in [4.78, 5) is 0. The number of rotatable bonds is 7. The van der Waals surface area contributed by atoms with Crippen LogP contribution >= 0.6 is 0 Å². The molecule has 0 fully saturated rings. The summed E-state index contributed by atoms with van der Waals surface area (Å²) in [6, 6.07) is 3.93. The van der Waals surface area contributed by atoms with Gasteiger partial charge in [-0.15, -0.1) is 0 Å². The molecule has 0 aliphatic carbocycles. The van der Waals surface area contributed by atoms with E-state index in [1.54, 1.807) is 21.3 Å². The molecule has 0 radical (unpaired) electrons. The van der Waals surface area contributed by atoms with E-state index >= 15 is 0 Å². The van der Waals surface area contributed by atoms with Crippen molar-refractivity contribution in [2.45, 2.75) is 20.4 Å². The number of hydrogen-bond donors (Lipinski definition) is 1. The third kappa shape index (κ3) is 3.81. The lowest BCUT2D eigenvalue weighted by Gasteiger charge is -2.14. The lowest BCUT2D eigenvalue weighted by atomic mass is 10.1. The third-order valence-corrected chi connectivity index (χ3v) is 2.61. The molecule has 0 aliphatic heterocycles. The highest BCUT2D eigenvalue weighted by Crippen LogP contribution is 2.38. The maximum atomic E-state index is 5.31. The molecular weight excluding hydrogens is 230 g/mol. The van der Waals surface area contributed by atoms with E-state index < -0.39 is 0 Å². The van der Waals surface area contributed by atoms with Crippen molar-refractivity contribution >= 4 is 0 Å². The van der Waals surface area contributed by atoms with E-state index in [0.717, 1.165) is 18.7 Å². The molecule has 102 valence electrons. The molecule has 0 aliphatic rings. The molecule has 1 aromatic carbocycles. The van der Waals surface area contributed by atoms with E-state index in [0.29, 0.717) is 23.2 Å². The van der Waals surface area contributed by atoms with Crippen molar-refractivity contribution in [3.8, 4) is 17.2 Å². The lowest BCUT2D eigenvalue weighted by molar-refractivity contribution is 0.323. The first-order valence-electron chi connectivity index (χ1n) is 6.12. The highest BCUT2D eigenvalue weighted by Gasteiger charge is 2.12. The van der Waals surface area contributed by atoms with Gasteiger partial charge in [0.15, 0.2) is 11.5 Å². The predicted octanol–water partition coefficient (Wildman–Crippen LogP) is 2.46. The molecule has 1 N–H and O–H groups in total. The first kappa shape index (κ1) is 14.6. The molecule has 0 saturated carbocycles. The van der Waals surface area contributed by atoms with Crippen molar-refractivity contribution in [3.63, 3.8) is 0 Å². The van der Waals surface area contributed by atoms with E-state index in [2.05, 4.69) is 19.2 Å². The Morgan fingerprint density at radius 1 is 1.00 bits per heavy atom. The second-order valence-corrected chi connectivity index (χ2v) is 4.56. The van der Waals surface area contributed by atoms with Gasteiger partial charge in [0.25, 0.3) is 0 Å². The number of hydrogen-bond acceptors (Lipinski definition) is 4. The van der Waals surface area contributed by atoms with Crippen molar-refractivity contribution in [2.24, 2.45) is 5.92 Å². The van der Waals surface area contributed by atoms with Crippen LogP contribution in [0.1, 0.15) is 19.4 Å². The minimum Gasteiger partial charge on any atom is -0.493 e. The maximum Gasteiger partial charge on any atom is 0.203 e. The molecule has 0 atom stereocenters. The Morgan fingerprint density at radius 2 is 1.56 bits per heavy atom. The highest BCUT2D eigenvalue weighted by atomic mass is 16.5. The summed E-state index contributed by atoms with van der Waals surface area (Å²) >= 11 is 0. The quantitative estimate of drug-likeness (QED) is 0.810. The van der Waals surface area contributed by atoms with Crippen LogP contribution in [0, 0.1) is 5.92 Å². The minimum absolute atomic E-state index is 0.632. The van der Waals surface area contributed by atoms with Gasteiger partial charge in [-0.2, -0.15) is 0 Å². The van der Waals surface area contributed by atoms with Crippen LogP contribution in [0.5, 0.6) is 17.2 Å². The zero-order valence-electron chi connectivity index (χ0n) is 11.9. The SMILES string of the molecule is COc1cc(CNCC(C)C)cc(OC)c1OC. The van der Waals surface area contributed by atoms with Crippen LogP contribution < -0.4 is 19.5 Å². The molecule has 4 nitrogen and oxygen atoms in total. The topological polar surface area (TPSA) is 39.7 Å². The fourth-order valence-corrected chi connectivity index (χ4v) is 1.74. The van der Waals surface area contributed by atoms with Gasteiger partial charge >= 0.3 is 0 Å². The molecule has 0 heterocycles. The normalized spacial score (nSPS) is 10.6. The fourth-order valence-electron chi connectivity index (χ4n) is 1.74. The summed E-state index contributed by atoms with van der Waals surface area (Å²) in [7, 11) is 4.86. The first-order chi connectivity index (χ1) is 8.62. The fraction of sp³-hybridized carbons (Fsp3) is 0.571. The second kappa shape index (κ2) is 7.11. The van der Waals surface area contributed by atoms with E-state index in [1.165, 1.54) is 0 Å². The standard InChI is InChI=1S/C14H23NO3/c1-10(2)8-15-9-11-6-12(16-3)14(18-5)13(7-11)17-4/h6-7,10,15H,8-9H2,1-5H3. The lowest BCUT2D eigenvalue weighted by Crippen LogP contribution is -2.19. The summed E-state index contributed by atoms with van der Waals surface area (Å²) in [5, 5.41) is 3.39. The van der Waals surface area contributed by atoms with Crippen LogP contribution in [0.15, 0.2) is 12.1 Å². The largest absolute Gasteiger partial charge is 0.493 e. The third-order valence-electron chi connectivity index (χ3n) is 2.61. The summed E-state index contributed by atoms with van der Waals surface area (Å²) < 4.78 is 15.9. The summed E-state index contributed by atoms with van der Waals surface area (Å²) in [6.45, 7) is 6.13. The van der Waals surface area contributed by atoms with Crippen molar-refractivity contribution < 1.29 is 14.2 Å². The Balaban J connectivity index is 2.86. The Hall–Kier alpha value is -1.42. The van der Waals surface area contributed by atoms with E-state index in [9.17, 15) is 0 Å². The van der Waals surface area contributed by atoms with Crippen LogP contribution in [0.4, 0.5) is 0 Å². The monoisotopic (exact) mass is 253 g/mol. The van der Waals surface area contributed by atoms with Crippen molar-refractivity contribution in [1.82, 2.24) is 5.32 Å².